The van der Waals surface area contributed by atoms with Gasteiger partial charge in [-0.2, -0.15) is 0 Å². The highest BCUT2D eigenvalue weighted by molar-refractivity contribution is 5.90. The van der Waals surface area contributed by atoms with Crippen LogP contribution in [0.2, 0.25) is 0 Å². The average Bonchev–Trinajstić information content (AvgIpc) is 3.28. The van der Waals surface area contributed by atoms with Crippen molar-refractivity contribution in [2.45, 2.75) is 12.8 Å². The highest BCUT2D eigenvalue weighted by Crippen LogP contribution is 2.28. The van der Waals surface area contributed by atoms with Crippen LogP contribution in [0.5, 0.6) is 0 Å². The van der Waals surface area contributed by atoms with Gasteiger partial charge in [-0.25, -0.2) is 15.0 Å². The third-order valence-electron chi connectivity index (χ3n) is 5.95. The Bertz CT molecular complexity index is 1390. The van der Waals surface area contributed by atoms with Gasteiger partial charge in [0.2, 0.25) is 0 Å². The van der Waals surface area contributed by atoms with Crippen LogP contribution in [-0.2, 0) is 0 Å². The molecule has 0 aliphatic rings. The first-order valence-corrected chi connectivity index (χ1v) is 11.2. The van der Waals surface area contributed by atoms with E-state index < -0.39 is 0 Å². The molecule has 3 aromatic heterocycles. The van der Waals surface area contributed by atoms with E-state index in [1.807, 2.05) is 28.8 Å². The second-order valence-corrected chi connectivity index (χ2v) is 8.73. The summed E-state index contributed by atoms with van der Waals surface area (Å²) in [5, 5.41) is 4.68. The first kappa shape index (κ1) is 21.1. The molecule has 0 aliphatic heterocycles. The fraction of sp³-hybridized carbons (Fsp3) is 0.222. The normalized spacial score (nSPS) is 12.5. The minimum Gasteiger partial charge on any atom is -0.369 e. The topological polar surface area (TPSA) is 58.4 Å². The summed E-state index contributed by atoms with van der Waals surface area (Å²) in [6.07, 6.45) is 5.82. The van der Waals surface area contributed by atoms with E-state index in [-0.39, 0.29) is 0 Å². The fourth-order valence-corrected chi connectivity index (χ4v) is 4.30. The largest absolute Gasteiger partial charge is 0.369 e. The summed E-state index contributed by atoms with van der Waals surface area (Å²) in [6, 6.07) is 20.9. The van der Waals surface area contributed by atoms with Gasteiger partial charge in [0.1, 0.15) is 11.5 Å². The highest BCUT2D eigenvalue weighted by atomic mass is 15.1. The van der Waals surface area contributed by atoms with E-state index in [0.717, 1.165) is 46.6 Å². The van der Waals surface area contributed by atoms with Gasteiger partial charge in [-0.3, -0.25) is 0 Å². The number of hydrogen-bond donors (Lipinski definition) is 1. The van der Waals surface area contributed by atoms with E-state index in [9.17, 15) is 0 Å². The van der Waals surface area contributed by atoms with Crippen molar-refractivity contribution in [2.75, 3.05) is 32.5 Å². The lowest BCUT2D eigenvalue weighted by molar-refractivity contribution is 0.378. The second kappa shape index (κ2) is 9.00. The molecule has 0 radical (unpaired) electrons. The zero-order valence-electron chi connectivity index (χ0n) is 19.2. The maximum absolute atomic E-state index is 5.00. The molecule has 1 N–H and O–H groups in total. The van der Waals surface area contributed by atoms with Gasteiger partial charge in [-0.05, 0) is 50.3 Å². The molecule has 0 amide bonds. The molecule has 0 spiro atoms. The molecule has 0 bridgehead atoms. The maximum atomic E-state index is 5.00. The van der Waals surface area contributed by atoms with Crippen LogP contribution in [-0.4, -0.2) is 51.4 Å². The number of para-hydroxylation sites is 1. The number of aromatic nitrogens is 4. The van der Waals surface area contributed by atoms with Gasteiger partial charge in [-0.1, -0.05) is 42.5 Å². The van der Waals surface area contributed by atoms with Crippen LogP contribution in [0.15, 0.2) is 79.3 Å². The Morgan fingerprint density at radius 1 is 1.00 bits per heavy atom. The van der Waals surface area contributed by atoms with Gasteiger partial charge in [0.05, 0.1) is 5.52 Å². The molecular weight excluding hydrogens is 408 g/mol. The Labute approximate surface area is 194 Å². The zero-order chi connectivity index (χ0) is 22.8. The number of anilines is 1. The molecule has 0 saturated heterocycles. The maximum Gasteiger partial charge on any atom is 0.163 e. The molecule has 0 aliphatic carbocycles. The van der Waals surface area contributed by atoms with Crippen molar-refractivity contribution in [3.05, 3.63) is 90.4 Å². The number of pyridine rings is 1. The van der Waals surface area contributed by atoms with Crippen molar-refractivity contribution in [2.24, 2.45) is 0 Å². The van der Waals surface area contributed by atoms with E-state index in [1.54, 1.807) is 6.20 Å². The molecule has 1 unspecified atom stereocenters. The first-order chi connectivity index (χ1) is 16.1. The number of benzene rings is 2. The smallest absolute Gasteiger partial charge is 0.163 e. The Hall–Kier alpha value is -3.77. The zero-order valence-corrected chi connectivity index (χ0v) is 19.2. The lowest BCUT2D eigenvalue weighted by atomic mass is 9.98. The summed E-state index contributed by atoms with van der Waals surface area (Å²) in [6.45, 7) is 3.81. The van der Waals surface area contributed by atoms with Crippen molar-refractivity contribution >= 4 is 22.4 Å². The van der Waals surface area contributed by atoms with E-state index in [1.165, 1.54) is 5.56 Å². The summed E-state index contributed by atoms with van der Waals surface area (Å²) < 4.78 is 2.01. The third kappa shape index (κ3) is 4.43. The fourth-order valence-electron chi connectivity index (χ4n) is 4.30. The quantitative estimate of drug-likeness (QED) is 0.389. The lowest BCUT2D eigenvalue weighted by Crippen LogP contribution is -2.26. The van der Waals surface area contributed by atoms with E-state index >= 15 is 0 Å². The van der Waals surface area contributed by atoms with Crippen LogP contribution in [0.25, 0.3) is 27.9 Å². The van der Waals surface area contributed by atoms with Crippen molar-refractivity contribution in [1.29, 1.82) is 0 Å². The number of hydrogen-bond acceptors (Lipinski definition) is 5. The average molecular weight is 437 g/mol. The first-order valence-electron chi connectivity index (χ1n) is 11.2. The van der Waals surface area contributed by atoms with Crippen molar-refractivity contribution in [3.63, 3.8) is 0 Å². The van der Waals surface area contributed by atoms with Crippen molar-refractivity contribution in [3.8, 4) is 11.4 Å². The Kier molecular flexibility index (Phi) is 5.75. The lowest BCUT2D eigenvalue weighted by Gasteiger charge is -2.23. The Morgan fingerprint density at radius 2 is 1.79 bits per heavy atom. The van der Waals surface area contributed by atoms with Gasteiger partial charge in [0.25, 0.3) is 0 Å². The summed E-state index contributed by atoms with van der Waals surface area (Å²) in [5.74, 6) is 1.91. The predicted octanol–water partition coefficient (Wildman–Crippen LogP) is 5.01. The Morgan fingerprint density at radius 3 is 2.61 bits per heavy atom. The van der Waals surface area contributed by atoms with Crippen LogP contribution in [0, 0.1) is 6.92 Å². The molecule has 5 rings (SSSR count). The second-order valence-electron chi connectivity index (χ2n) is 8.73. The number of likely N-dealkylation sites (N-methyl/N-ethyl adjacent to an activating group) is 1. The van der Waals surface area contributed by atoms with Crippen LogP contribution in [0.4, 0.5) is 5.82 Å². The van der Waals surface area contributed by atoms with Crippen LogP contribution < -0.4 is 5.32 Å². The van der Waals surface area contributed by atoms with E-state index in [4.69, 9.17) is 9.97 Å². The number of aryl methyl sites for hydroxylation is 1. The Balaban J connectivity index is 1.54. The molecule has 33 heavy (non-hydrogen) atoms. The van der Waals surface area contributed by atoms with Crippen LogP contribution >= 0.6 is 0 Å². The molecule has 1 atom stereocenters. The molecule has 6 nitrogen and oxygen atoms in total. The van der Waals surface area contributed by atoms with Crippen LogP contribution in [0.1, 0.15) is 17.0 Å². The molecule has 0 saturated carbocycles. The van der Waals surface area contributed by atoms with Crippen molar-refractivity contribution in [1.82, 2.24) is 24.3 Å². The van der Waals surface area contributed by atoms with E-state index in [0.29, 0.717) is 11.7 Å². The molecular formula is C27H28N6. The summed E-state index contributed by atoms with van der Waals surface area (Å²) in [7, 11) is 4.23. The molecule has 2 aromatic carbocycles. The third-order valence-corrected chi connectivity index (χ3v) is 5.95. The predicted molar refractivity (Wildman–Crippen MR) is 135 cm³/mol. The SMILES string of the molecule is Cc1cc2nccn2cc1-c1nc(NCC(CN(C)C)c2ccccc2)c2ccccc2n1. The standard InChI is InChI=1S/C27H28N6/c1-19-15-25-28-13-14-33(25)18-23(19)27-30-24-12-8-7-11-22(24)26(31-27)29-16-21(17-32(2)3)20-9-5-4-6-10-20/h4-15,18,21H,16-17H2,1-3H3,(H,29,30,31). The monoisotopic (exact) mass is 436 g/mol. The van der Waals surface area contributed by atoms with Gasteiger partial charge < -0.3 is 14.6 Å². The summed E-state index contributed by atoms with van der Waals surface area (Å²) >= 11 is 0. The summed E-state index contributed by atoms with van der Waals surface area (Å²) in [4.78, 5) is 16.5. The van der Waals surface area contributed by atoms with Crippen molar-refractivity contribution < 1.29 is 0 Å². The van der Waals surface area contributed by atoms with Gasteiger partial charge in [0.15, 0.2) is 5.82 Å². The van der Waals surface area contributed by atoms with E-state index in [2.05, 4.69) is 84.9 Å². The molecule has 0 fully saturated rings. The molecule has 5 aromatic rings. The number of nitrogens with zero attached hydrogens (tertiary/aromatic N) is 5. The molecule has 6 heteroatoms. The van der Waals surface area contributed by atoms with Gasteiger partial charge in [0, 0.05) is 48.5 Å². The summed E-state index contributed by atoms with van der Waals surface area (Å²) in [5.41, 5.74) is 5.27. The molecule has 166 valence electrons. The minimum absolute atomic E-state index is 0.336. The number of rotatable bonds is 7. The highest BCUT2D eigenvalue weighted by Gasteiger charge is 2.16. The van der Waals surface area contributed by atoms with Gasteiger partial charge >= 0.3 is 0 Å². The number of nitrogens with one attached hydrogen (secondary N) is 1. The number of imidazole rings is 1. The molecule has 3 heterocycles. The minimum atomic E-state index is 0.336. The number of fused-ring (bicyclic) bond motifs is 2. The van der Waals surface area contributed by atoms with Gasteiger partial charge in [-0.15, -0.1) is 0 Å². The van der Waals surface area contributed by atoms with Crippen LogP contribution in [0.3, 0.4) is 0 Å².